The first-order chi connectivity index (χ1) is 13.2. The second-order valence-corrected chi connectivity index (χ2v) is 8.58. The molecular weight excluding hydrogens is 404 g/mol. The van der Waals surface area contributed by atoms with Crippen molar-refractivity contribution >= 4 is 54.5 Å². The standard InChI is InChI=1S/C18H20N2O6S2/c1-4-9-28(23,24)26-19-18-12(3)25-16-8-6-14-10-13(11(2)20-27(21)22)5-7-15(14)17(16)18/h5-8,10,19-20H,2,4,9H2,1,3H3,(H,21,22). The Morgan fingerprint density at radius 3 is 2.75 bits per heavy atom. The third-order valence-corrected chi connectivity index (χ3v) is 5.80. The van der Waals surface area contributed by atoms with Crippen LogP contribution < -0.4 is 10.2 Å². The number of rotatable bonds is 8. The predicted molar refractivity (Wildman–Crippen MR) is 110 cm³/mol. The molecule has 28 heavy (non-hydrogen) atoms. The van der Waals surface area contributed by atoms with Crippen LogP contribution in [0, 0.1) is 6.92 Å². The van der Waals surface area contributed by atoms with Gasteiger partial charge in [0.2, 0.25) is 0 Å². The second kappa shape index (κ2) is 7.92. The van der Waals surface area contributed by atoms with Gasteiger partial charge < -0.3 is 4.42 Å². The average molecular weight is 425 g/mol. The average Bonchev–Trinajstić information content (AvgIpc) is 2.94. The number of anilines is 1. The van der Waals surface area contributed by atoms with Crippen LogP contribution in [0.1, 0.15) is 24.7 Å². The first-order valence-electron chi connectivity index (χ1n) is 8.41. The minimum Gasteiger partial charge on any atom is -0.459 e. The maximum absolute atomic E-state index is 11.9. The highest BCUT2D eigenvalue weighted by Gasteiger charge is 2.18. The fourth-order valence-corrected chi connectivity index (χ4v) is 4.04. The number of furan rings is 1. The van der Waals surface area contributed by atoms with E-state index in [0.717, 1.165) is 10.8 Å². The van der Waals surface area contributed by atoms with Gasteiger partial charge in [-0.15, -0.1) is 0 Å². The minimum atomic E-state index is -3.70. The normalized spacial score (nSPS) is 13.0. The molecule has 0 aliphatic rings. The molecule has 1 atom stereocenters. The van der Waals surface area contributed by atoms with Gasteiger partial charge in [0.15, 0.2) is 0 Å². The van der Waals surface area contributed by atoms with E-state index in [1.54, 1.807) is 38.1 Å². The molecule has 1 heterocycles. The van der Waals surface area contributed by atoms with Crippen LogP contribution in [0.25, 0.3) is 27.4 Å². The molecule has 10 heteroatoms. The molecule has 0 saturated heterocycles. The zero-order chi connectivity index (χ0) is 20.5. The smallest absolute Gasteiger partial charge is 0.287 e. The third kappa shape index (κ3) is 4.20. The molecule has 3 N–H and O–H groups in total. The van der Waals surface area contributed by atoms with Crippen LogP contribution in [0.2, 0.25) is 0 Å². The van der Waals surface area contributed by atoms with Gasteiger partial charge in [-0.1, -0.05) is 31.7 Å². The van der Waals surface area contributed by atoms with Crippen molar-refractivity contribution in [3.63, 3.8) is 0 Å². The van der Waals surface area contributed by atoms with Gasteiger partial charge in [-0.05, 0) is 41.8 Å². The summed E-state index contributed by atoms with van der Waals surface area (Å²) in [6.07, 6.45) is 0.442. The lowest BCUT2D eigenvalue weighted by molar-refractivity contribution is 0.389. The number of hydrogen-bond acceptors (Lipinski definition) is 6. The number of nitrogens with one attached hydrogen (secondary N) is 2. The Labute approximate surface area is 165 Å². The number of hydrogen-bond donors (Lipinski definition) is 3. The van der Waals surface area contributed by atoms with Gasteiger partial charge in [0.25, 0.3) is 21.4 Å². The van der Waals surface area contributed by atoms with Crippen LogP contribution in [0.4, 0.5) is 5.69 Å². The summed E-state index contributed by atoms with van der Waals surface area (Å²) in [4.78, 5) is 0. The van der Waals surface area contributed by atoms with Gasteiger partial charge in [0, 0.05) is 5.70 Å². The largest absolute Gasteiger partial charge is 0.459 e. The Morgan fingerprint density at radius 1 is 1.32 bits per heavy atom. The van der Waals surface area contributed by atoms with E-state index >= 15 is 0 Å². The van der Waals surface area contributed by atoms with Gasteiger partial charge >= 0.3 is 0 Å². The summed E-state index contributed by atoms with van der Waals surface area (Å²) >= 11 is -2.21. The lowest BCUT2D eigenvalue weighted by Gasteiger charge is -2.09. The topological polar surface area (TPSA) is 118 Å². The van der Waals surface area contributed by atoms with E-state index in [2.05, 4.69) is 16.8 Å². The monoisotopic (exact) mass is 424 g/mol. The number of benzene rings is 2. The van der Waals surface area contributed by atoms with Crippen LogP contribution in [0.3, 0.4) is 0 Å². The Morgan fingerprint density at radius 2 is 2.07 bits per heavy atom. The van der Waals surface area contributed by atoms with Crippen molar-refractivity contribution < 1.29 is 25.9 Å². The van der Waals surface area contributed by atoms with Gasteiger partial charge in [0.05, 0.1) is 11.1 Å². The summed E-state index contributed by atoms with van der Waals surface area (Å²) in [5.74, 6) is 0.389. The molecule has 0 amide bonds. The molecular formula is C18H20N2O6S2. The van der Waals surface area contributed by atoms with Crippen molar-refractivity contribution in [3.8, 4) is 0 Å². The highest BCUT2D eigenvalue weighted by molar-refractivity contribution is 7.86. The molecule has 2 aromatic carbocycles. The lowest BCUT2D eigenvalue weighted by Crippen LogP contribution is -2.14. The molecule has 3 rings (SSSR count). The molecule has 0 spiro atoms. The fourth-order valence-electron chi connectivity index (χ4n) is 2.92. The summed E-state index contributed by atoms with van der Waals surface area (Å²) in [7, 11) is -3.70. The van der Waals surface area contributed by atoms with E-state index < -0.39 is 21.4 Å². The maximum atomic E-state index is 11.9. The SMILES string of the molecule is C=C(NS(=O)O)c1ccc2c(ccc3oc(C)c(NOS(=O)(=O)CCC)c32)c1. The molecule has 1 aromatic heterocycles. The Hall–Kier alpha value is -2.40. The summed E-state index contributed by atoms with van der Waals surface area (Å²) < 4.78 is 56.6. The summed E-state index contributed by atoms with van der Waals surface area (Å²) in [6.45, 7) is 7.21. The zero-order valence-corrected chi connectivity index (χ0v) is 16.9. The molecule has 1 unspecified atom stereocenters. The van der Waals surface area contributed by atoms with Gasteiger partial charge in [0.1, 0.15) is 17.0 Å². The molecule has 0 aliphatic heterocycles. The Kier molecular flexibility index (Phi) is 5.75. The van der Waals surface area contributed by atoms with Crippen LogP contribution >= 0.6 is 0 Å². The predicted octanol–water partition coefficient (Wildman–Crippen LogP) is 3.67. The van der Waals surface area contributed by atoms with Crippen molar-refractivity contribution in [2.24, 2.45) is 0 Å². The van der Waals surface area contributed by atoms with Crippen molar-refractivity contribution in [1.29, 1.82) is 0 Å². The van der Waals surface area contributed by atoms with Crippen LogP contribution in [0.15, 0.2) is 41.3 Å². The maximum Gasteiger partial charge on any atom is 0.287 e. The Bertz CT molecular complexity index is 1180. The molecule has 3 aromatic rings. The Balaban J connectivity index is 2.05. The summed E-state index contributed by atoms with van der Waals surface area (Å²) in [5, 5.41) is 2.30. The molecule has 0 saturated carbocycles. The van der Waals surface area contributed by atoms with Crippen molar-refractivity contribution in [2.45, 2.75) is 20.3 Å². The van der Waals surface area contributed by atoms with Crippen molar-refractivity contribution in [1.82, 2.24) is 4.72 Å². The van der Waals surface area contributed by atoms with Gasteiger partial charge in [-0.25, -0.2) is 9.69 Å². The molecule has 0 aliphatic carbocycles. The molecule has 0 radical (unpaired) electrons. The minimum absolute atomic E-state index is 0.0969. The second-order valence-electron chi connectivity index (χ2n) is 6.18. The van der Waals surface area contributed by atoms with E-state index in [4.69, 9.17) is 13.3 Å². The number of aryl methyl sites for hydroxylation is 1. The van der Waals surface area contributed by atoms with E-state index in [9.17, 15) is 12.6 Å². The van der Waals surface area contributed by atoms with Crippen molar-refractivity contribution in [3.05, 3.63) is 48.2 Å². The quantitative estimate of drug-likeness (QED) is 0.373. The summed E-state index contributed by atoms with van der Waals surface area (Å²) in [5.41, 5.74) is 4.49. The first-order valence-corrected chi connectivity index (χ1v) is 11.1. The van der Waals surface area contributed by atoms with Gasteiger partial charge in [-0.3, -0.25) is 9.27 Å². The zero-order valence-electron chi connectivity index (χ0n) is 15.3. The van der Waals surface area contributed by atoms with Crippen LogP contribution in [-0.4, -0.2) is 22.9 Å². The van der Waals surface area contributed by atoms with E-state index in [1.165, 1.54) is 0 Å². The number of fused-ring (bicyclic) bond motifs is 3. The molecule has 150 valence electrons. The highest BCUT2D eigenvalue weighted by Crippen LogP contribution is 2.37. The van der Waals surface area contributed by atoms with E-state index in [1.807, 2.05) is 6.07 Å². The highest BCUT2D eigenvalue weighted by atomic mass is 32.2. The van der Waals surface area contributed by atoms with E-state index in [0.29, 0.717) is 40.1 Å². The molecule has 0 fully saturated rings. The van der Waals surface area contributed by atoms with Crippen molar-refractivity contribution in [2.75, 3.05) is 11.2 Å². The summed E-state index contributed by atoms with van der Waals surface area (Å²) in [6, 6.07) is 8.95. The van der Waals surface area contributed by atoms with Crippen LogP contribution in [0.5, 0.6) is 0 Å². The van der Waals surface area contributed by atoms with Crippen LogP contribution in [-0.2, 0) is 25.7 Å². The van der Waals surface area contributed by atoms with E-state index in [-0.39, 0.29) is 5.75 Å². The fraction of sp³-hybridized carbons (Fsp3) is 0.222. The molecule has 8 nitrogen and oxygen atoms in total. The third-order valence-electron chi connectivity index (χ3n) is 4.13. The molecule has 0 bridgehead atoms. The first kappa shape index (κ1) is 20.3. The lowest BCUT2D eigenvalue weighted by atomic mass is 10.0. The van der Waals surface area contributed by atoms with Gasteiger partial charge in [-0.2, -0.15) is 12.7 Å².